The monoisotopic (exact) mass is 297 g/mol. The SMILES string of the molecule is Nc1n[nH]c(C2CCCO2)c1-c1cccc(C(F)(F)F)c1. The molecule has 1 aromatic heterocycles. The summed E-state index contributed by atoms with van der Waals surface area (Å²) in [5.41, 5.74) is 6.64. The zero-order chi connectivity index (χ0) is 15.0. The van der Waals surface area contributed by atoms with Gasteiger partial charge in [0, 0.05) is 12.2 Å². The summed E-state index contributed by atoms with van der Waals surface area (Å²) in [7, 11) is 0. The van der Waals surface area contributed by atoms with Gasteiger partial charge in [-0.1, -0.05) is 12.1 Å². The molecule has 21 heavy (non-hydrogen) atoms. The predicted octanol–water partition coefficient (Wildman–Crippen LogP) is 3.53. The smallest absolute Gasteiger partial charge is 0.382 e. The maximum absolute atomic E-state index is 12.8. The zero-order valence-electron chi connectivity index (χ0n) is 11.1. The van der Waals surface area contributed by atoms with Gasteiger partial charge in [0.05, 0.1) is 17.4 Å². The number of nitrogens with two attached hydrogens (primary N) is 1. The minimum absolute atomic E-state index is 0.180. The molecular weight excluding hydrogens is 283 g/mol. The molecule has 1 fully saturated rings. The standard InChI is InChI=1S/C14H14F3N3O/c15-14(16,17)9-4-1-3-8(7-9)11-12(19-20-13(11)18)10-5-2-6-21-10/h1,3-4,7,10H,2,5-6H2,(H3,18,19,20). The van der Waals surface area contributed by atoms with Crippen LogP contribution in [0.4, 0.5) is 19.0 Å². The molecule has 1 atom stereocenters. The first kappa shape index (κ1) is 13.9. The average Bonchev–Trinajstić information content (AvgIpc) is 3.06. The van der Waals surface area contributed by atoms with Crippen molar-refractivity contribution in [1.29, 1.82) is 0 Å². The van der Waals surface area contributed by atoms with Crippen molar-refractivity contribution < 1.29 is 17.9 Å². The number of nitrogens with zero attached hydrogens (tertiary/aromatic N) is 1. The number of nitrogens with one attached hydrogen (secondary N) is 1. The molecule has 2 heterocycles. The fourth-order valence-corrected chi connectivity index (χ4v) is 2.56. The Bertz CT molecular complexity index is 645. The third-order valence-electron chi connectivity index (χ3n) is 3.55. The molecule has 112 valence electrons. The molecule has 2 aromatic rings. The van der Waals surface area contributed by atoms with Gasteiger partial charge in [0.25, 0.3) is 0 Å². The van der Waals surface area contributed by atoms with E-state index in [-0.39, 0.29) is 11.9 Å². The van der Waals surface area contributed by atoms with Crippen molar-refractivity contribution >= 4 is 5.82 Å². The number of anilines is 1. The van der Waals surface area contributed by atoms with Gasteiger partial charge < -0.3 is 10.5 Å². The Hall–Kier alpha value is -2.02. The van der Waals surface area contributed by atoms with Crippen molar-refractivity contribution in [3.05, 3.63) is 35.5 Å². The highest BCUT2D eigenvalue weighted by Gasteiger charge is 2.31. The summed E-state index contributed by atoms with van der Waals surface area (Å²) >= 11 is 0. The molecule has 0 aliphatic carbocycles. The van der Waals surface area contributed by atoms with Crippen LogP contribution in [0.15, 0.2) is 24.3 Å². The van der Waals surface area contributed by atoms with E-state index in [1.807, 2.05) is 0 Å². The lowest BCUT2D eigenvalue weighted by molar-refractivity contribution is -0.137. The molecule has 1 aromatic carbocycles. The van der Waals surface area contributed by atoms with Crippen molar-refractivity contribution in [2.24, 2.45) is 0 Å². The summed E-state index contributed by atoms with van der Waals surface area (Å²) in [5, 5.41) is 6.71. The summed E-state index contributed by atoms with van der Waals surface area (Å²) in [6, 6.07) is 5.07. The Kier molecular flexibility index (Phi) is 3.36. The van der Waals surface area contributed by atoms with E-state index in [1.54, 1.807) is 6.07 Å². The Labute approximate surface area is 119 Å². The average molecular weight is 297 g/mol. The molecular formula is C14H14F3N3O. The lowest BCUT2D eigenvalue weighted by atomic mass is 9.99. The number of hydrogen-bond acceptors (Lipinski definition) is 3. The van der Waals surface area contributed by atoms with Gasteiger partial charge >= 0.3 is 6.18 Å². The Morgan fingerprint density at radius 2 is 2.14 bits per heavy atom. The minimum atomic E-state index is -4.39. The number of halogens is 3. The third kappa shape index (κ3) is 2.61. The van der Waals surface area contributed by atoms with Crippen molar-refractivity contribution in [2.45, 2.75) is 25.1 Å². The molecule has 3 rings (SSSR count). The van der Waals surface area contributed by atoms with Crippen molar-refractivity contribution in [1.82, 2.24) is 10.2 Å². The van der Waals surface area contributed by atoms with Crippen LogP contribution >= 0.6 is 0 Å². The molecule has 7 heteroatoms. The largest absolute Gasteiger partial charge is 0.416 e. The number of rotatable bonds is 2. The zero-order valence-corrected chi connectivity index (χ0v) is 11.1. The first-order valence-corrected chi connectivity index (χ1v) is 6.60. The van der Waals surface area contributed by atoms with Gasteiger partial charge in [-0.05, 0) is 30.5 Å². The van der Waals surface area contributed by atoms with E-state index < -0.39 is 11.7 Å². The predicted molar refractivity (Wildman–Crippen MR) is 71.4 cm³/mol. The van der Waals surface area contributed by atoms with E-state index in [0.717, 1.165) is 25.0 Å². The van der Waals surface area contributed by atoms with Crippen LogP contribution in [0.25, 0.3) is 11.1 Å². The first-order chi connectivity index (χ1) is 9.97. The topological polar surface area (TPSA) is 63.9 Å². The molecule has 1 aliphatic heterocycles. The minimum Gasteiger partial charge on any atom is -0.382 e. The summed E-state index contributed by atoms with van der Waals surface area (Å²) < 4.78 is 44.1. The maximum atomic E-state index is 12.8. The molecule has 4 nitrogen and oxygen atoms in total. The summed E-state index contributed by atoms with van der Waals surface area (Å²) in [5.74, 6) is 0.180. The molecule has 0 bridgehead atoms. The number of aromatic amines is 1. The quantitative estimate of drug-likeness (QED) is 0.891. The number of ether oxygens (including phenoxy) is 1. The van der Waals surface area contributed by atoms with Crippen molar-refractivity contribution in [2.75, 3.05) is 12.3 Å². The normalized spacial score (nSPS) is 19.1. The van der Waals surface area contributed by atoms with Crippen LogP contribution in [0.5, 0.6) is 0 Å². The lowest BCUT2D eigenvalue weighted by Crippen LogP contribution is -2.05. The van der Waals surface area contributed by atoms with E-state index in [1.165, 1.54) is 6.07 Å². The van der Waals surface area contributed by atoms with Gasteiger partial charge in [-0.3, -0.25) is 5.10 Å². The van der Waals surface area contributed by atoms with Crippen molar-refractivity contribution in [3.63, 3.8) is 0 Å². The van der Waals surface area contributed by atoms with Crippen molar-refractivity contribution in [3.8, 4) is 11.1 Å². The number of benzene rings is 1. The number of aromatic nitrogens is 2. The van der Waals surface area contributed by atoms with Crippen LogP contribution in [0.3, 0.4) is 0 Å². The van der Waals surface area contributed by atoms with Gasteiger partial charge in [-0.25, -0.2) is 0 Å². The molecule has 0 radical (unpaired) electrons. The van der Waals surface area contributed by atoms with E-state index in [9.17, 15) is 13.2 Å². The third-order valence-corrected chi connectivity index (χ3v) is 3.55. The molecule has 0 spiro atoms. The summed E-state index contributed by atoms with van der Waals surface area (Å²) in [4.78, 5) is 0. The Balaban J connectivity index is 2.06. The number of H-pyrrole nitrogens is 1. The lowest BCUT2D eigenvalue weighted by Gasteiger charge is -2.12. The molecule has 0 amide bonds. The molecule has 0 saturated carbocycles. The van der Waals surface area contributed by atoms with Crippen LogP contribution < -0.4 is 5.73 Å². The first-order valence-electron chi connectivity index (χ1n) is 6.60. The van der Waals surface area contributed by atoms with E-state index in [0.29, 0.717) is 23.4 Å². The molecule has 3 N–H and O–H groups in total. The number of hydrogen-bond donors (Lipinski definition) is 2. The van der Waals surface area contributed by atoms with Gasteiger partial charge in [-0.2, -0.15) is 18.3 Å². The molecule has 1 aliphatic rings. The fourth-order valence-electron chi connectivity index (χ4n) is 2.56. The Morgan fingerprint density at radius 1 is 1.33 bits per heavy atom. The van der Waals surface area contributed by atoms with Gasteiger partial charge in [0.1, 0.15) is 0 Å². The van der Waals surface area contributed by atoms with Crippen LogP contribution in [-0.2, 0) is 10.9 Å². The Morgan fingerprint density at radius 3 is 2.81 bits per heavy atom. The van der Waals surface area contributed by atoms with Crippen LogP contribution in [0.1, 0.15) is 30.2 Å². The number of alkyl halides is 3. The fraction of sp³-hybridized carbons (Fsp3) is 0.357. The van der Waals surface area contributed by atoms with Crippen LogP contribution in [0.2, 0.25) is 0 Å². The van der Waals surface area contributed by atoms with Gasteiger partial charge in [0.15, 0.2) is 5.82 Å². The highest BCUT2D eigenvalue weighted by molar-refractivity contribution is 5.77. The van der Waals surface area contributed by atoms with Crippen LogP contribution in [-0.4, -0.2) is 16.8 Å². The van der Waals surface area contributed by atoms with E-state index in [2.05, 4.69) is 10.2 Å². The second-order valence-corrected chi connectivity index (χ2v) is 4.98. The highest BCUT2D eigenvalue weighted by atomic mass is 19.4. The van der Waals surface area contributed by atoms with Crippen LogP contribution in [0, 0.1) is 0 Å². The summed E-state index contributed by atoms with van der Waals surface area (Å²) in [6.45, 7) is 0.631. The van der Waals surface area contributed by atoms with Gasteiger partial charge in [0.2, 0.25) is 0 Å². The highest BCUT2D eigenvalue weighted by Crippen LogP contribution is 2.39. The molecule has 1 unspecified atom stereocenters. The second-order valence-electron chi connectivity index (χ2n) is 4.98. The summed E-state index contributed by atoms with van der Waals surface area (Å²) in [6.07, 6.45) is -2.88. The van der Waals surface area contributed by atoms with Gasteiger partial charge in [-0.15, -0.1) is 0 Å². The number of nitrogen functional groups attached to an aromatic ring is 1. The van der Waals surface area contributed by atoms with E-state index in [4.69, 9.17) is 10.5 Å². The second kappa shape index (κ2) is 5.07. The molecule has 1 saturated heterocycles. The van der Waals surface area contributed by atoms with E-state index >= 15 is 0 Å². The maximum Gasteiger partial charge on any atom is 0.416 e.